The Morgan fingerprint density at radius 1 is 0.417 bits per heavy atom. The molecule has 0 radical (unpaired) electrons. The van der Waals surface area contributed by atoms with Crippen molar-refractivity contribution < 1.29 is 38.1 Å². The highest BCUT2D eigenvalue weighted by molar-refractivity contribution is 5.87. The number of carbonyl (C=O) groups is 4. The van der Waals surface area contributed by atoms with Crippen LogP contribution in [0.4, 0.5) is 0 Å². The molecule has 11 heteroatoms. The van der Waals surface area contributed by atoms with Crippen LogP contribution in [0.1, 0.15) is 292 Å². The molecule has 2 amide bonds. The van der Waals surface area contributed by atoms with Gasteiger partial charge in [-0.1, -0.05) is 215 Å². The van der Waals surface area contributed by atoms with Gasteiger partial charge in [-0.05, 0) is 70.4 Å². The van der Waals surface area contributed by atoms with Crippen molar-refractivity contribution in [3.8, 4) is 0 Å². The third-order valence-corrected chi connectivity index (χ3v) is 14.4. The zero-order chi connectivity index (χ0) is 53.0. The summed E-state index contributed by atoms with van der Waals surface area (Å²) < 4.78 is 23.9. The number of carbonyl (C=O) groups excluding carboxylic acids is 4. The predicted octanol–water partition coefficient (Wildman–Crippen LogP) is 15.6. The molecule has 11 nitrogen and oxygen atoms in total. The van der Waals surface area contributed by atoms with Crippen molar-refractivity contribution in [2.45, 2.75) is 305 Å². The second-order valence-corrected chi connectivity index (χ2v) is 21.0. The van der Waals surface area contributed by atoms with E-state index in [1.165, 1.54) is 116 Å². The molecule has 0 aromatic carbocycles. The largest absolute Gasteiger partial charge is 0.466 e. The highest BCUT2D eigenvalue weighted by Gasteiger charge is 2.29. The van der Waals surface area contributed by atoms with Gasteiger partial charge in [-0.15, -0.1) is 0 Å². The number of esters is 2. The van der Waals surface area contributed by atoms with Gasteiger partial charge in [0.05, 0.1) is 19.6 Å². The van der Waals surface area contributed by atoms with E-state index in [-0.39, 0.29) is 36.8 Å². The van der Waals surface area contributed by atoms with E-state index in [9.17, 15) is 19.2 Å². The maximum Gasteiger partial charge on any atom is 0.305 e. The van der Waals surface area contributed by atoms with Crippen molar-refractivity contribution in [3.05, 3.63) is 0 Å². The van der Waals surface area contributed by atoms with Gasteiger partial charge in [0.15, 0.2) is 6.29 Å². The van der Waals surface area contributed by atoms with E-state index in [1.807, 2.05) is 0 Å². The summed E-state index contributed by atoms with van der Waals surface area (Å²) in [5, 5.41) is 3.22. The van der Waals surface area contributed by atoms with Gasteiger partial charge >= 0.3 is 11.9 Å². The molecule has 426 valence electrons. The molecule has 0 aliphatic heterocycles. The fourth-order valence-corrected chi connectivity index (χ4v) is 9.45. The van der Waals surface area contributed by atoms with Crippen LogP contribution in [-0.4, -0.2) is 105 Å². The van der Waals surface area contributed by atoms with Crippen molar-refractivity contribution in [2.24, 2.45) is 5.92 Å². The van der Waals surface area contributed by atoms with Crippen molar-refractivity contribution in [1.29, 1.82) is 0 Å². The number of rotatable bonds is 56. The molecule has 0 spiro atoms. The van der Waals surface area contributed by atoms with E-state index in [4.69, 9.17) is 18.9 Å². The van der Waals surface area contributed by atoms with Gasteiger partial charge in [0, 0.05) is 52.1 Å². The SMILES string of the molecule is CCCCCCCCNC(=O)C(CCCCCCCCC(=O)OCC(CCCC)CCCCCC)N(CCCOC(=O)CCC(OCCCCCCCC)OCCCCCCCC)C(=O)CCN(CC)CC. The monoisotopic (exact) mass is 1020 g/mol. The van der Waals surface area contributed by atoms with E-state index in [1.54, 1.807) is 4.90 Å². The topological polar surface area (TPSA) is 124 Å². The van der Waals surface area contributed by atoms with Crippen LogP contribution < -0.4 is 5.32 Å². The smallest absolute Gasteiger partial charge is 0.305 e. The Morgan fingerprint density at radius 3 is 1.46 bits per heavy atom. The van der Waals surface area contributed by atoms with Crippen LogP contribution >= 0.6 is 0 Å². The van der Waals surface area contributed by atoms with Gasteiger partial charge in [0.25, 0.3) is 0 Å². The summed E-state index contributed by atoms with van der Waals surface area (Å²) in [6.07, 6.45) is 38.4. The molecule has 0 aliphatic rings. The van der Waals surface area contributed by atoms with Crippen LogP contribution in [0.3, 0.4) is 0 Å². The summed E-state index contributed by atoms with van der Waals surface area (Å²) in [5.74, 6) is 0.00946. The molecule has 0 heterocycles. The van der Waals surface area contributed by atoms with E-state index in [2.05, 4.69) is 58.7 Å². The van der Waals surface area contributed by atoms with Crippen LogP contribution in [-0.2, 0) is 38.1 Å². The molecule has 0 fully saturated rings. The van der Waals surface area contributed by atoms with E-state index < -0.39 is 12.3 Å². The molecule has 2 atom stereocenters. The lowest BCUT2D eigenvalue weighted by molar-refractivity contribution is -0.159. The molecule has 1 N–H and O–H groups in total. The summed E-state index contributed by atoms with van der Waals surface area (Å²) in [4.78, 5) is 58.1. The van der Waals surface area contributed by atoms with Gasteiger partial charge < -0.3 is 34.1 Å². The average Bonchev–Trinajstić information content (AvgIpc) is 3.38. The van der Waals surface area contributed by atoms with Crippen LogP contribution in [0.2, 0.25) is 0 Å². The maximum absolute atomic E-state index is 14.2. The number of unbranched alkanes of at least 4 members (excludes halogenated alkanes) is 24. The van der Waals surface area contributed by atoms with Crippen LogP contribution in [0.5, 0.6) is 0 Å². The molecular weight excluding hydrogens is 903 g/mol. The minimum absolute atomic E-state index is 0.0270. The summed E-state index contributed by atoms with van der Waals surface area (Å²) in [6.45, 7) is 20.7. The highest BCUT2D eigenvalue weighted by atomic mass is 16.7. The Balaban J connectivity index is 5.52. The summed E-state index contributed by atoms with van der Waals surface area (Å²) >= 11 is 0. The lowest BCUT2D eigenvalue weighted by Crippen LogP contribution is -2.51. The maximum atomic E-state index is 14.2. The van der Waals surface area contributed by atoms with Crippen LogP contribution in [0, 0.1) is 5.92 Å². The van der Waals surface area contributed by atoms with Gasteiger partial charge in [0.1, 0.15) is 6.04 Å². The van der Waals surface area contributed by atoms with Gasteiger partial charge in [-0.3, -0.25) is 19.2 Å². The third-order valence-electron chi connectivity index (χ3n) is 14.4. The Bertz CT molecular complexity index is 1200. The molecular formula is C61H119N3O8. The number of nitrogens with one attached hydrogen (secondary N) is 1. The fourth-order valence-electron chi connectivity index (χ4n) is 9.45. The predicted molar refractivity (Wildman–Crippen MR) is 301 cm³/mol. The Hall–Kier alpha value is -2.24. The molecule has 0 saturated carbocycles. The van der Waals surface area contributed by atoms with E-state index >= 15 is 0 Å². The summed E-state index contributed by atoms with van der Waals surface area (Å²) in [7, 11) is 0. The zero-order valence-corrected chi connectivity index (χ0v) is 48.6. The first kappa shape index (κ1) is 69.8. The highest BCUT2D eigenvalue weighted by Crippen LogP contribution is 2.20. The summed E-state index contributed by atoms with van der Waals surface area (Å²) in [6, 6.07) is -0.582. The first-order chi connectivity index (χ1) is 35.2. The number of hydrogen-bond acceptors (Lipinski definition) is 9. The molecule has 0 aromatic rings. The lowest BCUT2D eigenvalue weighted by Gasteiger charge is -2.32. The standard InChI is InChI=1S/C61H119N3O8/c1-8-15-20-24-31-37-48-62-61(68)56(43-35-29-27-28-30-36-44-58(66)72-54-55(41-19-12-5)42-34-23-18-11-4)64(57(65)47-50-63(13-6)14-7)49-40-53-69-59(67)45-46-60(70-51-38-32-25-21-16-9-2)71-52-39-33-26-22-17-10-3/h55-56,60H,8-54H2,1-7H3,(H,62,68). The van der Waals surface area contributed by atoms with Crippen LogP contribution in [0.15, 0.2) is 0 Å². The number of nitrogens with zero attached hydrogens (tertiary/aromatic N) is 2. The molecule has 0 bridgehead atoms. The average molecular weight is 1020 g/mol. The summed E-state index contributed by atoms with van der Waals surface area (Å²) in [5.41, 5.74) is 0. The first-order valence-corrected chi connectivity index (χ1v) is 31.0. The molecule has 0 saturated heterocycles. The zero-order valence-electron chi connectivity index (χ0n) is 48.6. The lowest BCUT2D eigenvalue weighted by atomic mass is 9.96. The van der Waals surface area contributed by atoms with Gasteiger partial charge in [0.2, 0.25) is 11.8 Å². The second-order valence-electron chi connectivity index (χ2n) is 21.0. The molecule has 2 unspecified atom stereocenters. The van der Waals surface area contributed by atoms with Crippen molar-refractivity contribution in [1.82, 2.24) is 15.1 Å². The van der Waals surface area contributed by atoms with Gasteiger partial charge in [-0.25, -0.2) is 0 Å². The van der Waals surface area contributed by atoms with Crippen LogP contribution in [0.25, 0.3) is 0 Å². The Kier molecular flexibility index (Phi) is 51.9. The second kappa shape index (κ2) is 53.6. The quantitative estimate of drug-likeness (QED) is 0.0360. The fraction of sp³-hybridized carbons (Fsp3) is 0.934. The van der Waals surface area contributed by atoms with E-state index in [0.717, 1.165) is 103 Å². The van der Waals surface area contributed by atoms with Crippen molar-refractivity contribution in [3.63, 3.8) is 0 Å². The molecule has 72 heavy (non-hydrogen) atoms. The molecule has 0 aromatic heterocycles. The first-order valence-electron chi connectivity index (χ1n) is 31.0. The third kappa shape index (κ3) is 43.0. The molecule has 0 rings (SSSR count). The normalized spacial score (nSPS) is 12.4. The number of amides is 2. The van der Waals surface area contributed by atoms with E-state index in [0.29, 0.717) is 77.5 Å². The minimum atomic E-state index is -0.582. The Morgan fingerprint density at radius 2 is 0.889 bits per heavy atom. The number of hydrogen-bond donors (Lipinski definition) is 1. The minimum Gasteiger partial charge on any atom is -0.466 e. The van der Waals surface area contributed by atoms with Crippen molar-refractivity contribution >= 4 is 23.8 Å². The molecule has 0 aliphatic carbocycles. The van der Waals surface area contributed by atoms with Crippen molar-refractivity contribution in [2.75, 3.05) is 59.2 Å². The Labute approximate surface area is 445 Å². The number of ether oxygens (including phenoxy) is 4. The van der Waals surface area contributed by atoms with Gasteiger partial charge in [-0.2, -0.15) is 0 Å².